The van der Waals surface area contributed by atoms with Crippen LogP contribution in [0.15, 0.2) is 24.5 Å². The molecule has 5 rings (SSSR count). The van der Waals surface area contributed by atoms with Crippen LogP contribution in [0.4, 0.5) is 36.8 Å². The third-order valence-electron chi connectivity index (χ3n) is 7.03. The minimum absolute atomic E-state index is 0.0394. The number of hydrogen-bond donors (Lipinski definition) is 0. The summed E-state index contributed by atoms with van der Waals surface area (Å²) in [6.07, 6.45) is -15.7. The molecule has 2 aromatic rings. The first-order valence-corrected chi connectivity index (χ1v) is 12.0. The minimum atomic E-state index is -5.74. The quantitative estimate of drug-likeness (QED) is 0.535. The lowest BCUT2D eigenvalue weighted by Crippen LogP contribution is -2.48. The van der Waals surface area contributed by atoms with Crippen molar-refractivity contribution in [2.75, 3.05) is 37.6 Å². The Labute approximate surface area is 212 Å². The first kappa shape index (κ1) is 25.9. The zero-order valence-corrected chi connectivity index (χ0v) is 20.1. The van der Waals surface area contributed by atoms with Gasteiger partial charge in [0.05, 0.1) is 13.1 Å². The number of aromatic nitrogens is 3. The highest BCUT2D eigenvalue weighted by Crippen LogP contribution is 2.38. The predicted molar refractivity (Wildman–Crippen MR) is 119 cm³/mol. The summed E-state index contributed by atoms with van der Waals surface area (Å²) in [5.41, 5.74) is 2.00. The molecule has 3 aliphatic heterocycles. The number of carbonyl (C=O) groups is 1. The van der Waals surface area contributed by atoms with Crippen molar-refractivity contribution >= 4 is 23.4 Å². The summed E-state index contributed by atoms with van der Waals surface area (Å²) in [6, 6.07) is 5.65. The number of halogens is 7. The van der Waals surface area contributed by atoms with Gasteiger partial charge in [-0.2, -0.15) is 31.4 Å². The molecule has 2 saturated heterocycles. The number of ether oxygens (including phenoxy) is 1. The predicted octanol–water partition coefficient (Wildman–Crippen LogP) is 3.95. The largest absolute Gasteiger partial charge is 0.434 e. The summed E-state index contributed by atoms with van der Waals surface area (Å²) >= 11 is 6.28. The van der Waals surface area contributed by atoms with Gasteiger partial charge < -0.3 is 14.5 Å². The molecule has 3 aliphatic rings. The van der Waals surface area contributed by atoms with Crippen molar-refractivity contribution in [3.63, 3.8) is 0 Å². The van der Waals surface area contributed by atoms with E-state index in [2.05, 4.69) is 24.6 Å². The highest BCUT2D eigenvalue weighted by molar-refractivity contribution is 6.30. The van der Waals surface area contributed by atoms with Gasteiger partial charge in [0.15, 0.2) is 0 Å². The van der Waals surface area contributed by atoms with Gasteiger partial charge in [-0.1, -0.05) is 17.7 Å². The topological polar surface area (TPSA) is 66.7 Å². The number of alkyl halides is 6. The van der Waals surface area contributed by atoms with Crippen LogP contribution in [0.3, 0.4) is 0 Å². The molecule has 1 amide bonds. The Morgan fingerprint density at radius 1 is 1.05 bits per heavy atom. The summed E-state index contributed by atoms with van der Waals surface area (Å²) in [5.74, 6) is 0.692. The van der Waals surface area contributed by atoms with Gasteiger partial charge in [0.2, 0.25) is 0 Å². The fraction of sp³-hybridized carbons (Fsp3) is 0.591. The van der Waals surface area contributed by atoms with E-state index < -0.39 is 24.5 Å². The lowest BCUT2D eigenvalue weighted by atomic mass is 10.0. The number of hydrogen-bond acceptors (Lipinski definition) is 6. The summed E-state index contributed by atoms with van der Waals surface area (Å²) < 4.78 is 82.3. The van der Waals surface area contributed by atoms with Gasteiger partial charge in [-0.25, -0.2) is 14.5 Å². The van der Waals surface area contributed by atoms with E-state index in [1.807, 2.05) is 16.8 Å². The Morgan fingerprint density at radius 3 is 2.38 bits per heavy atom. The number of rotatable bonds is 4. The van der Waals surface area contributed by atoms with Crippen LogP contribution in [0.25, 0.3) is 0 Å². The van der Waals surface area contributed by atoms with Crippen LogP contribution in [-0.2, 0) is 24.4 Å². The van der Waals surface area contributed by atoms with E-state index in [1.54, 1.807) is 6.07 Å². The van der Waals surface area contributed by atoms with Crippen molar-refractivity contribution < 1.29 is 35.9 Å². The molecule has 0 radical (unpaired) electrons. The molecule has 2 fully saturated rings. The highest BCUT2D eigenvalue weighted by Gasteiger charge is 2.60. The number of amides is 1. The van der Waals surface area contributed by atoms with Gasteiger partial charge in [-0.05, 0) is 29.5 Å². The average molecular weight is 553 g/mol. The van der Waals surface area contributed by atoms with Crippen LogP contribution in [0, 0.1) is 11.8 Å². The number of nitrogens with zero attached hydrogens (tertiary/aromatic N) is 6. The Morgan fingerprint density at radius 2 is 1.73 bits per heavy atom. The number of benzene rings is 1. The summed E-state index contributed by atoms with van der Waals surface area (Å²) in [6.45, 7) is 3.74. The van der Waals surface area contributed by atoms with E-state index >= 15 is 0 Å². The van der Waals surface area contributed by atoms with Crippen LogP contribution in [0.2, 0.25) is 5.02 Å². The maximum Gasteiger partial charge on any atom is 0.434 e. The molecule has 1 aromatic heterocycles. The molecule has 0 bridgehead atoms. The molecule has 202 valence electrons. The van der Waals surface area contributed by atoms with Crippen molar-refractivity contribution in [3.05, 3.63) is 40.9 Å². The molecule has 4 heterocycles. The highest BCUT2D eigenvalue weighted by atomic mass is 35.5. The standard InChI is InChI=1S/C22H23ClF6N6O2/c23-16-2-1-13(17(5-16)33-3-4-35-18(11-33)30-12-31-35)6-32-7-14-9-34(10-15(14)8-32)20(36)37-19(21(24,25)26)22(27,28)29/h1-2,5,12,14-15,19H,3-4,6-11H2. The smallest absolute Gasteiger partial charge is 0.426 e. The number of fused-ring (bicyclic) bond motifs is 2. The van der Waals surface area contributed by atoms with E-state index in [0.29, 0.717) is 37.7 Å². The van der Waals surface area contributed by atoms with Crippen molar-refractivity contribution in [1.82, 2.24) is 24.6 Å². The summed E-state index contributed by atoms with van der Waals surface area (Å²) in [4.78, 5) is 21.7. The normalized spacial score (nSPS) is 22.5. The van der Waals surface area contributed by atoms with E-state index in [-0.39, 0.29) is 24.9 Å². The Bertz CT molecular complexity index is 1130. The van der Waals surface area contributed by atoms with Crippen LogP contribution in [0.5, 0.6) is 0 Å². The molecule has 1 aromatic carbocycles. The number of carbonyl (C=O) groups excluding carboxylic acids is 1. The third kappa shape index (κ3) is 5.44. The average Bonchev–Trinajstić information content (AvgIpc) is 3.51. The van der Waals surface area contributed by atoms with Crippen LogP contribution in [-0.4, -0.2) is 81.8 Å². The first-order chi connectivity index (χ1) is 17.4. The fourth-order valence-electron chi connectivity index (χ4n) is 5.34. The van der Waals surface area contributed by atoms with Gasteiger partial charge in [0.25, 0.3) is 6.10 Å². The first-order valence-electron chi connectivity index (χ1n) is 11.6. The van der Waals surface area contributed by atoms with Crippen molar-refractivity contribution in [1.29, 1.82) is 0 Å². The molecule has 0 spiro atoms. The van der Waals surface area contributed by atoms with Crippen LogP contribution >= 0.6 is 11.6 Å². The Hall–Kier alpha value is -2.74. The SMILES string of the molecule is O=C(OC(C(F)(F)F)C(F)(F)F)N1CC2CN(Cc3ccc(Cl)cc3N3CCn4ncnc4C3)CC2C1. The van der Waals surface area contributed by atoms with Gasteiger partial charge >= 0.3 is 18.4 Å². The summed E-state index contributed by atoms with van der Waals surface area (Å²) in [5, 5.41) is 4.79. The van der Waals surface area contributed by atoms with Crippen molar-refractivity contribution in [2.45, 2.75) is 38.1 Å². The van der Waals surface area contributed by atoms with Gasteiger partial charge in [0, 0.05) is 50.0 Å². The molecule has 2 unspecified atom stereocenters. The zero-order valence-electron chi connectivity index (χ0n) is 19.3. The third-order valence-corrected chi connectivity index (χ3v) is 7.26. The minimum Gasteiger partial charge on any atom is -0.426 e. The second-order valence-corrected chi connectivity index (χ2v) is 10.00. The zero-order chi connectivity index (χ0) is 26.5. The fourth-order valence-corrected chi connectivity index (χ4v) is 5.50. The molecule has 0 N–H and O–H groups in total. The molecule has 8 nitrogen and oxygen atoms in total. The molecule has 37 heavy (non-hydrogen) atoms. The van der Waals surface area contributed by atoms with Crippen molar-refractivity contribution in [2.24, 2.45) is 11.8 Å². The molecular weight excluding hydrogens is 530 g/mol. The van der Waals surface area contributed by atoms with E-state index in [9.17, 15) is 31.1 Å². The Kier molecular flexibility index (Phi) is 6.67. The Balaban J connectivity index is 1.21. The number of anilines is 1. The lowest BCUT2D eigenvalue weighted by molar-refractivity contribution is -0.308. The van der Waals surface area contributed by atoms with E-state index in [1.165, 1.54) is 6.33 Å². The molecular formula is C22H23ClF6N6O2. The van der Waals surface area contributed by atoms with E-state index in [4.69, 9.17) is 11.6 Å². The molecule has 2 atom stereocenters. The maximum atomic E-state index is 12.8. The van der Waals surface area contributed by atoms with Crippen LogP contribution < -0.4 is 4.90 Å². The van der Waals surface area contributed by atoms with Gasteiger partial charge in [-0.15, -0.1) is 0 Å². The van der Waals surface area contributed by atoms with Crippen LogP contribution in [0.1, 0.15) is 11.4 Å². The van der Waals surface area contributed by atoms with Gasteiger partial charge in [-0.3, -0.25) is 4.90 Å². The van der Waals surface area contributed by atoms with Crippen molar-refractivity contribution in [3.8, 4) is 0 Å². The lowest BCUT2D eigenvalue weighted by Gasteiger charge is -2.31. The number of likely N-dealkylation sites (tertiary alicyclic amines) is 2. The van der Waals surface area contributed by atoms with Gasteiger partial charge in [0.1, 0.15) is 12.2 Å². The summed E-state index contributed by atoms with van der Waals surface area (Å²) in [7, 11) is 0. The maximum absolute atomic E-state index is 12.8. The van der Waals surface area contributed by atoms with E-state index in [0.717, 1.165) is 28.5 Å². The molecule has 0 saturated carbocycles. The second kappa shape index (κ2) is 9.53. The molecule has 0 aliphatic carbocycles. The monoisotopic (exact) mass is 552 g/mol. The molecule has 15 heteroatoms. The second-order valence-electron chi connectivity index (χ2n) is 9.56.